The number of nitrogens with zero attached hydrogens (tertiary/aromatic N) is 1. The van der Waals surface area contributed by atoms with Gasteiger partial charge in [0.15, 0.2) is 0 Å². The van der Waals surface area contributed by atoms with Gasteiger partial charge in [0.05, 0.1) is 0 Å². The summed E-state index contributed by atoms with van der Waals surface area (Å²) in [6, 6.07) is 7.85. The molecule has 2 nitrogen and oxygen atoms in total. The van der Waals surface area contributed by atoms with Crippen LogP contribution in [-0.2, 0) is 6.54 Å². The van der Waals surface area contributed by atoms with Gasteiger partial charge in [0, 0.05) is 35.8 Å². The van der Waals surface area contributed by atoms with Crippen LogP contribution in [0.1, 0.15) is 46.1 Å². The molecule has 0 spiro atoms. The Morgan fingerprint density at radius 2 is 2.00 bits per heavy atom. The summed E-state index contributed by atoms with van der Waals surface area (Å²) in [5.74, 6) is 0. The largest absolute Gasteiger partial charge is 0.371 e. The number of benzene rings is 1. The third-order valence-corrected chi connectivity index (χ3v) is 4.91. The Morgan fingerprint density at radius 1 is 1.35 bits per heavy atom. The van der Waals surface area contributed by atoms with Crippen LogP contribution in [0.2, 0.25) is 0 Å². The molecule has 2 rings (SSSR count). The first-order valence-corrected chi connectivity index (χ1v) is 8.33. The fourth-order valence-corrected chi connectivity index (χ4v) is 2.78. The molecule has 1 aromatic carbocycles. The lowest BCUT2D eigenvalue weighted by molar-refractivity contribution is 0.329. The zero-order chi connectivity index (χ0) is 14.9. The first kappa shape index (κ1) is 15.8. The van der Waals surface area contributed by atoms with E-state index in [1.165, 1.54) is 24.1 Å². The maximum absolute atomic E-state index is 3.63. The Balaban J connectivity index is 2.19. The first-order valence-electron chi connectivity index (χ1n) is 7.53. The number of hydrogen-bond acceptors (Lipinski definition) is 2. The maximum Gasteiger partial charge on any atom is 0.0412 e. The van der Waals surface area contributed by atoms with Crippen LogP contribution in [0.5, 0.6) is 0 Å². The molecule has 1 aromatic rings. The highest BCUT2D eigenvalue weighted by Gasteiger charge is 2.26. The van der Waals surface area contributed by atoms with Gasteiger partial charge >= 0.3 is 0 Å². The molecule has 0 aliphatic heterocycles. The van der Waals surface area contributed by atoms with Gasteiger partial charge in [-0.15, -0.1) is 0 Å². The summed E-state index contributed by atoms with van der Waals surface area (Å²) in [5, 5.41) is 3.63. The smallest absolute Gasteiger partial charge is 0.0412 e. The molecule has 0 amide bonds. The van der Waals surface area contributed by atoms with Crippen molar-refractivity contribution in [1.82, 2.24) is 5.32 Å². The molecule has 3 heteroatoms. The van der Waals surface area contributed by atoms with E-state index >= 15 is 0 Å². The number of rotatable bonds is 5. The van der Waals surface area contributed by atoms with Gasteiger partial charge in [-0.25, -0.2) is 0 Å². The van der Waals surface area contributed by atoms with Gasteiger partial charge in [-0.2, -0.15) is 0 Å². The zero-order valence-corrected chi connectivity index (χ0v) is 14.9. The molecule has 1 unspecified atom stereocenters. The van der Waals surface area contributed by atoms with Crippen molar-refractivity contribution >= 4 is 21.6 Å². The summed E-state index contributed by atoms with van der Waals surface area (Å²) in [6.45, 7) is 10.2. The molecule has 1 aliphatic carbocycles. The van der Waals surface area contributed by atoms with Crippen LogP contribution in [0.15, 0.2) is 22.7 Å². The molecule has 1 fully saturated rings. The third kappa shape index (κ3) is 3.98. The van der Waals surface area contributed by atoms with E-state index in [1.807, 2.05) is 0 Å². The van der Waals surface area contributed by atoms with E-state index in [1.54, 1.807) is 0 Å². The van der Waals surface area contributed by atoms with Crippen LogP contribution in [-0.4, -0.2) is 19.1 Å². The fourth-order valence-electron chi connectivity index (χ4n) is 2.37. The number of anilines is 1. The van der Waals surface area contributed by atoms with Crippen molar-refractivity contribution < 1.29 is 0 Å². The van der Waals surface area contributed by atoms with Gasteiger partial charge in [0.25, 0.3) is 0 Å². The van der Waals surface area contributed by atoms with Crippen LogP contribution in [0.25, 0.3) is 0 Å². The molecular formula is C17H27BrN2. The molecule has 0 bridgehead atoms. The highest BCUT2D eigenvalue weighted by Crippen LogP contribution is 2.31. The Morgan fingerprint density at radius 3 is 2.55 bits per heavy atom. The molecule has 1 atom stereocenters. The van der Waals surface area contributed by atoms with Crippen LogP contribution in [0.3, 0.4) is 0 Å². The monoisotopic (exact) mass is 338 g/mol. The van der Waals surface area contributed by atoms with E-state index in [4.69, 9.17) is 0 Å². The normalized spacial score (nSPS) is 17.1. The average molecular weight is 339 g/mol. The van der Waals surface area contributed by atoms with E-state index < -0.39 is 0 Å². The minimum atomic E-state index is 0.267. The Kier molecular flexibility index (Phi) is 4.80. The minimum Gasteiger partial charge on any atom is -0.371 e. The standard InChI is InChI=1S/C17H27BrN2/c1-12(17(2,3)4)20(5)16-9-6-14(18)10-13(16)11-19-15-7-8-15/h6,9-10,12,15,19H,7-8,11H2,1-5H3. The summed E-state index contributed by atoms with van der Waals surface area (Å²) >= 11 is 3.60. The van der Waals surface area contributed by atoms with Crippen molar-refractivity contribution in [3.63, 3.8) is 0 Å². The van der Waals surface area contributed by atoms with E-state index in [2.05, 4.69) is 79.1 Å². The second kappa shape index (κ2) is 6.07. The molecule has 0 radical (unpaired) electrons. The van der Waals surface area contributed by atoms with Crippen LogP contribution in [0, 0.1) is 5.41 Å². The van der Waals surface area contributed by atoms with Crippen LogP contribution >= 0.6 is 15.9 Å². The molecule has 112 valence electrons. The number of hydrogen-bond donors (Lipinski definition) is 1. The number of halogens is 1. The van der Waals surface area contributed by atoms with Crippen molar-refractivity contribution in [2.45, 2.75) is 59.2 Å². The van der Waals surface area contributed by atoms with Gasteiger partial charge in [-0.1, -0.05) is 36.7 Å². The highest BCUT2D eigenvalue weighted by molar-refractivity contribution is 9.10. The van der Waals surface area contributed by atoms with E-state index in [0.717, 1.165) is 17.1 Å². The van der Waals surface area contributed by atoms with E-state index in [-0.39, 0.29) is 5.41 Å². The first-order chi connectivity index (χ1) is 9.29. The lowest BCUT2D eigenvalue weighted by atomic mass is 9.86. The van der Waals surface area contributed by atoms with Crippen molar-refractivity contribution in [2.75, 3.05) is 11.9 Å². The van der Waals surface area contributed by atoms with Gasteiger partial charge < -0.3 is 10.2 Å². The van der Waals surface area contributed by atoms with E-state index in [0.29, 0.717) is 6.04 Å². The van der Waals surface area contributed by atoms with Gasteiger partial charge in [0.1, 0.15) is 0 Å². The summed E-state index contributed by atoms with van der Waals surface area (Å²) in [6.07, 6.45) is 2.66. The lowest BCUT2D eigenvalue weighted by Crippen LogP contribution is -2.40. The molecule has 0 aromatic heterocycles. The maximum atomic E-state index is 3.63. The molecule has 1 saturated carbocycles. The molecule has 20 heavy (non-hydrogen) atoms. The molecular weight excluding hydrogens is 312 g/mol. The average Bonchev–Trinajstić information content (AvgIpc) is 3.17. The quantitative estimate of drug-likeness (QED) is 0.845. The van der Waals surface area contributed by atoms with Crippen molar-refractivity contribution in [3.8, 4) is 0 Å². The topological polar surface area (TPSA) is 15.3 Å². The minimum absolute atomic E-state index is 0.267. The Bertz CT molecular complexity index is 461. The second-order valence-corrected chi connectivity index (χ2v) is 8.00. The summed E-state index contributed by atoms with van der Waals surface area (Å²) < 4.78 is 1.16. The lowest BCUT2D eigenvalue weighted by Gasteiger charge is -2.38. The summed E-state index contributed by atoms with van der Waals surface area (Å²) in [7, 11) is 2.21. The molecule has 0 heterocycles. The van der Waals surface area contributed by atoms with Crippen molar-refractivity contribution in [3.05, 3.63) is 28.2 Å². The third-order valence-electron chi connectivity index (χ3n) is 4.41. The Hall–Kier alpha value is -0.540. The zero-order valence-electron chi connectivity index (χ0n) is 13.3. The highest BCUT2D eigenvalue weighted by atomic mass is 79.9. The van der Waals surface area contributed by atoms with Crippen LogP contribution < -0.4 is 10.2 Å². The van der Waals surface area contributed by atoms with Gasteiger partial charge in [0.2, 0.25) is 0 Å². The fraction of sp³-hybridized carbons (Fsp3) is 0.647. The molecule has 1 aliphatic rings. The summed E-state index contributed by atoms with van der Waals surface area (Å²) in [5.41, 5.74) is 2.98. The SMILES string of the molecule is CC(N(C)c1ccc(Br)cc1CNC1CC1)C(C)(C)C. The summed E-state index contributed by atoms with van der Waals surface area (Å²) in [4.78, 5) is 2.41. The van der Waals surface area contributed by atoms with Crippen molar-refractivity contribution in [1.29, 1.82) is 0 Å². The van der Waals surface area contributed by atoms with Crippen molar-refractivity contribution in [2.24, 2.45) is 5.41 Å². The molecule has 1 N–H and O–H groups in total. The Labute approximate surface area is 132 Å². The second-order valence-electron chi connectivity index (χ2n) is 7.08. The number of nitrogens with one attached hydrogen (secondary N) is 1. The predicted octanol–water partition coefficient (Wildman–Crippen LogP) is 4.57. The van der Waals surface area contributed by atoms with Gasteiger partial charge in [-0.3, -0.25) is 0 Å². The van der Waals surface area contributed by atoms with E-state index in [9.17, 15) is 0 Å². The predicted molar refractivity (Wildman–Crippen MR) is 91.3 cm³/mol. The molecule has 0 saturated heterocycles. The van der Waals surface area contributed by atoms with Crippen LogP contribution in [0.4, 0.5) is 5.69 Å². The van der Waals surface area contributed by atoms with Gasteiger partial charge in [-0.05, 0) is 48.9 Å².